The van der Waals surface area contributed by atoms with Crippen LogP contribution < -0.4 is 15.5 Å². The average Bonchev–Trinajstić information content (AvgIpc) is 2.54. The van der Waals surface area contributed by atoms with Crippen molar-refractivity contribution in [2.45, 2.75) is 6.92 Å². The Morgan fingerprint density at radius 1 is 1.25 bits per heavy atom. The molecule has 0 heterocycles. The van der Waals surface area contributed by atoms with Gasteiger partial charge in [-0.3, -0.25) is 4.79 Å². The molecule has 24 heavy (non-hydrogen) atoms. The summed E-state index contributed by atoms with van der Waals surface area (Å²) in [4.78, 5) is 11.8. The maximum Gasteiger partial charge on any atom is 0.259 e. The molecule has 0 saturated heterocycles. The van der Waals surface area contributed by atoms with E-state index in [2.05, 4.69) is 47.7 Å². The Balaban J connectivity index is 1.91. The number of amides is 1. The van der Waals surface area contributed by atoms with Crippen LogP contribution >= 0.6 is 31.9 Å². The Kier molecular flexibility index (Phi) is 6.81. The Morgan fingerprint density at radius 2 is 1.96 bits per heavy atom. The second-order valence-corrected chi connectivity index (χ2v) is 6.79. The largest absolute Gasteiger partial charge is 0.495 e. The molecular weight excluding hydrogens is 438 g/mol. The number of methoxy groups -OCH3 is 1. The summed E-state index contributed by atoms with van der Waals surface area (Å²) in [5.41, 5.74) is 5.28. The normalized spacial score (nSPS) is 10.7. The minimum atomic E-state index is -0.236. The van der Waals surface area contributed by atoms with Crippen molar-refractivity contribution >= 4 is 49.7 Å². The van der Waals surface area contributed by atoms with Gasteiger partial charge in [-0.1, -0.05) is 33.6 Å². The molecule has 126 valence electrons. The summed E-state index contributed by atoms with van der Waals surface area (Å²) >= 11 is 6.83. The van der Waals surface area contributed by atoms with E-state index in [-0.39, 0.29) is 12.5 Å². The Hall–Kier alpha value is -1.86. The van der Waals surface area contributed by atoms with Crippen LogP contribution in [0.5, 0.6) is 5.75 Å². The van der Waals surface area contributed by atoms with Gasteiger partial charge >= 0.3 is 0 Å². The number of hydrogen-bond acceptors (Lipinski definition) is 4. The molecule has 7 heteroatoms. The molecule has 0 radical (unpaired) electrons. The summed E-state index contributed by atoms with van der Waals surface area (Å²) in [6.45, 7) is 2.15. The van der Waals surface area contributed by atoms with E-state index in [0.29, 0.717) is 5.75 Å². The molecule has 5 nitrogen and oxygen atoms in total. The maximum atomic E-state index is 11.8. The van der Waals surface area contributed by atoms with Gasteiger partial charge in [-0.15, -0.1) is 0 Å². The number of ether oxygens (including phenoxy) is 1. The summed E-state index contributed by atoms with van der Waals surface area (Å²) in [5, 5.41) is 7.01. The molecule has 0 aliphatic heterocycles. The Labute approximate surface area is 157 Å². The zero-order valence-electron chi connectivity index (χ0n) is 13.3. The van der Waals surface area contributed by atoms with Gasteiger partial charge in [0.05, 0.1) is 24.3 Å². The zero-order valence-corrected chi connectivity index (χ0v) is 16.4. The number of hydrogen-bond donors (Lipinski definition) is 2. The van der Waals surface area contributed by atoms with Gasteiger partial charge in [0.1, 0.15) is 5.75 Å². The molecule has 0 aromatic heterocycles. The summed E-state index contributed by atoms with van der Waals surface area (Å²) in [6, 6.07) is 11.5. The lowest BCUT2D eigenvalue weighted by Crippen LogP contribution is -2.25. The molecule has 0 unspecified atom stereocenters. The maximum absolute atomic E-state index is 11.8. The van der Waals surface area contributed by atoms with Gasteiger partial charge < -0.3 is 10.1 Å². The molecule has 0 aliphatic rings. The van der Waals surface area contributed by atoms with Crippen molar-refractivity contribution in [2.75, 3.05) is 19.0 Å². The fraction of sp³-hybridized carbons (Fsp3) is 0.176. The first-order valence-corrected chi connectivity index (χ1v) is 8.73. The van der Waals surface area contributed by atoms with Crippen LogP contribution in [0.15, 0.2) is 50.4 Å². The monoisotopic (exact) mass is 453 g/mol. The standard InChI is InChI=1S/C17H17Br2N3O2/c1-11-3-5-14(6-4-11)20-10-16(23)22-21-9-12-7-13(18)8-15(19)17(12)24-2/h3-9,20H,10H2,1-2H3,(H,22,23)/b21-9+. The summed E-state index contributed by atoms with van der Waals surface area (Å²) in [5.74, 6) is 0.411. The lowest BCUT2D eigenvalue weighted by molar-refractivity contribution is -0.119. The van der Waals surface area contributed by atoms with Crippen LogP contribution in [0.25, 0.3) is 0 Å². The van der Waals surface area contributed by atoms with Crippen molar-refractivity contribution in [3.8, 4) is 5.75 Å². The number of carbonyl (C=O) groups excluding carboxylic acids is 1. The zero-order chi connectivity index (χ0) is 17.5. The number of carbonyl (C=O) groups is 1. The molecule has 0 aliphatic carbocycles. The van der Waals surface area contributed by atoms with Gasteiger partial charge in [-0.2, -0.15) is 5.10 Å². The smallest absolute Gasteiger partial charge is 0.259 e. The number of nitrogens with one attached hydrogen (secondary N) is 2. The van der Waals surface area contributed by atoms with Crippen LogP contribution in [-0.4, -0.2) is 25.8 Å². The number of nitrogens with zero attached hydrogens (tertiary/aromatic N) is 1. The molecule has 0 bridgehead atoms. The highest BCUT2D eigenvalue weighted by Gasteiger charge is 2.07. The number of aryl methyl sites for hydroxylation is 1. The van der Waals surface area contributed by atoms with Crippen LogP contribution in [0.3, 0.4) is 0 Å². The molecule has 0 spiro atoms. The van der Waals surface area contributed by atoms with E-state index in [1.807, 2.05) is 43.3 Å². The van der Waals surface area contributed by atoms with Crippen LogP contribution in [0.4, 0.5) is 5.69 Å². The highest BCUT2D eigenvalue weighted by Crippen LogP contribution is 2.31. The highest BCUT2D eigenvalue weighted by atomic mass is 79.9. The van der Waals surface area contributed by atoms with E-state index in [4.69, 9.17) is 4.74 Å². The van der Waals surface area contributed by atoms with Crippen molar-refractivity contribution in [3.05, 3.63) is 56.5 Å². The summed E-state index contributed by atoms with van der Waals surface area (Å²) in [6.07, 6.45) is 1.54. The number of anilines is 1. The second kappa shape index (κ2) is 8.84. The summed E-state index contributed by atoms with van der Waals surface area (Å²) in [7, 11) is 1.58. The van der Waals surface area contributed by atoms with Gasteiger partial charge in [0.15, 0.2) is 0 Å². The quantitative estimate of drug-likeness (QED) is 0.510. The van der Waals surface area contributed by atoms with Gasteiger partial charge in [0.2, 0.25) is 0 Å². The number of hydrazone groups is 1. The second-order valence-electron chi connectivity index (χ2n) is 5.02. The average molecular weight is 455 g/mol. The van der Waals surface area contributed by atoms with Crippen LogP contribution in [0.1, 0.15) is 11.1 Å². The molecule has 2 N–H and O–H groups in total. The van der Waals surface area contributed by atoms with Crippen LogP contribution in [0, 0.1) is 6.92 Å². The molecule has 0 saturated carbocycles. The molecule has 0 atom stereocenters. The van der Waals surface area contributed by atoms with Crippen molar-refractivity contribution < 1.29 is 9.53 Å². The predicted molar refractivity (Wildman–Crippen MR) is 104 cm³/mol. The van der Waals surface area contributed by atoms with Crippen molar-refractivity contribution in [1.29, 1.82) is 0 Å². The van der Waals surface area contributed by atoms with Crippen LogP contribution in [-0.2, 0) is 4.79 Å². The number of benzene rings is 2. The SMILES string of the molecule is COc1c(Br)cc(Br)cc1/C=N/NC(=O)CNc1ccc(C)cc1. The van der Waals surface area contributed by atoms with E-state index >= 15 is 0 Å². The van der Waals surface area contributed by atoms with Crippen molar-refractivity contribution in [1.82, 2.24) is 5.43 Å². The number of rotatable bonds is 6. The fourth-order valence-corrected chi connectivity index (χ4v) is 3.38. The van der Waals surface area contributed by atoms with E-state index in [1.165, 1.54) is 11.8 Å². The van der Waals surface area contributed by atoms with E-state index in [9.17, 15) is 4.79 Å². The molecule has 2 aromatic rings. The molecular formula is C17H17Br2N3O2. The van der Waals surface area contributed by atoms with Gasteiger partial charge in [0, 0.05) is 15.7 Å². The number of halogens is 2. The van der Waals surface area contributed by atoms with Crippen LogP contribution in [0.2, 0.25) is 0 Å². The lowest BCUT2D eigenvalue weighted by Gasteiger charge is -2.08. The van der Waals surface area contributed by atoms with Crippen molar-refractivity contribution in [2.24, 2.45) is 5.10 Å². The third-order valence-corrected chi connectivity index (χ3v) is 4.19. The van der Waals surface area contributed by atoms with Gasteiger partial charge in [-0.05, 0) is 47.1 Å². The first-order chi connectivity index (χ1) is 11.5. The third-order valence-electron chi connectivity index (χ3n) is 3.14. The summed E-state index contributed by atoms with van der Waals surface area (Å²) < 4.78 is 7.00. The third kappa shape index (κ3) is 5.35. The highest BCUT2D eigenvalue weighted by molar-refractivity contribution is 9.11. The minimum absolute atomic E-state index is 0.139. The van der Waals surface area contributed by atoms with Gasteiger partial charge in [-0.25, -0.2) is 5.43 Å². The Morgan fingerprint density at radius 3 is 2.62 bits per heavy atom. The molecule has 1 amide bonds. The van der Waals surface area contributed by atoms with E-state index in [0.717, 1.165) is 20.2 Å². The van der Waals surface area contributed by atoms with E-state index < -0.39 is 0 Å². The topological polar surface area (TPSA) is 62.7 Å². The lowest BCUT2D eigenvalue weighted by atomic mass is 10.2. The predicted octanol–water partition coefficient (Wildman–Crippen LogP) is 4.09. The molecule has 2 aromatic carbocycles. The Bertz CT molecular complexity index is 746. The minimum Gasteiger partial charge on any atom is -0.495 e. The van der Waals surface area contributed by atoms with Crippen molar-refractivity contribution in [3.63, 3.8) is 0 Å². The first kappa shape index (κ1) is 18.5. The fourth-order valence-electron chi connectivity index (χ4n) is 1.96. The van der Waals surface area contributed by atoms with E-state index in [1.54, 1.807) is 7.11 Å². The first-order valence-electron chi connectivity index (χ1n) is 7.15. The molecule has 2 rings (SSSR count). The molecule has 0 fully saturated rings. The van der Waals surface area contributed by atoms with Gasteiger partial charge in [0.25, 0.3) is 5.91 Å².